The minimum atomic E-state index is 0.104. The fourth-order valence-corrected chi connectivity index (χ4v) is 0.925. The highest BCUT2D eigenvalue weighted by Gasteiger charge is 2.03. The molecule has 0 fully saturated rings. The maximum absolute atomic E-state index is 8.38. The van der Waals surface area contributed by atoms with Crippen LogP contribution in [0.2, 0.25) is 5.02 Å². The molecule has 1 atom stereocenters. The Bertz CT molecular complexity index is 273. The van der Waals surface area contributed by atoms with Gasteiger partial charge in [-0.15, -0.1) is 0 Å². The summed E-state index contributed by atoms with van der Waals surface area (Å²) in [5, 5.41) is 13.0. The SMILES string of the molecule is CC(CC#N)n1cc(Cl)cn1. The van der Waals surface area contributed by atoms with Crippen LogP contribution in [-0.2, 0) is 0 Å². The first-order chi connectivity index (χ1) is 5.24. The average molecular weight is 170 g/mol. The number of hydrogen-bond donors (Lipinski definition) is 0. The van der Waals surface area contributed by atoms with Gasteiger partial charge in [-0.2, -0.15) is 10.4 Å². The van der Waals surface area contributed by atoms with Gasteiger partial charge >= 0.3 is 0 Å². The molecular weight excluding hydrogens is 162 g/mol. The van der Waals surface area contributed by atoms with Crippen molar-refractivity contribution in [2.45, 2.75) is 19.4 Å². The zero-order valence-corrected chi connectivity index (χ0v) is 6.91. The fraction of sp³-hybridized carbons (Fsp3) is 0.429. The molecule has 58 valence electrons. The first-order valence-corrected chi connectivity index (χ1v) is 3.68. The Morgan fingerprint density at radius 1 is 1.91 bits per heavy atom. The Kier molecular flexibility index (Phi) is 2.50. The summed E-state index contributed by atoms with van der Waals surface area (Å²) in [4.78, 5) is 0. The van der Waals surface area contributed by atoms with Gasteiger partial charge in [-0.25, -0.2) is 0 Å². The number of nitrogens with zero attached hydrogens (tertiary/aromatic N) is 3. The van der Waals surface area contributed by atoms with Crippen molar-refractivity contribution in [3.8, 4) is 6.07 Å². The van der Waals surface area contributed by atoms with Crippen LogP contribution >= 0.6 is 11.6 Å². The molecule has 0 N–H and O–H groups in total. The van der Waals surface area contributed by atoms with Gasteiger partial charge in [0.25, 0.3) is 0 Å². The molecule has 0 aromatic carbocycles. The van der Waals surface area contributed by atoms with Crippen LogP contribution in [0.15, 0.2) is 12.4 Å². The lowest BCUT2D eigenvalue weighted by Crippen LogP contribution is -2.03. The number of halogens is 1. The summed E-state index contributed by atoms with van der Waals surface area (Å²) in [6.07, 6.45) is 3.73. The molecule has 11 heavy (non-hydrogen) atoms. The van der Waals surface area contributed by atoms with E-state index in [1.54, 1.807) is 17.1 Å². The van der Waals surface area contributed by atoms with Gasteiger partial charge in [-0.05, 0) is 6.92 Å². The normalized spacial score (nSPS) is 12.5. The largest absolute Gasteiger partial charge is 0.267 e. The lowest BCUT2D eigenvalue weighted by Gasteiger charge is -2.05. The first-order valence-electron chi connectivity index (χ1n) is 3.30. The summed E-state index contributed by atoms with van der Waals surface area (Å²) in [6, 6.07) is 2.18. The van der Waals surface area contributed by atoms with Crippen LogP contribution in [0.1, 0.15) is 19.4 Å². The molecule has 0 spiro atoms. The summed E-state index contributed by atoms with van der Waals surface area (Å²) in [5.74, 6) is 0. The molecule has 0 aliphatic carbocycles. The summed E-state index contributed by atoms with van der Waals surface area (Å²) in [5.41, 5.74) is 0. The van der Waals surface area contributed by atoms with E-state index in [1.807, 2.05) is 6.92 Å². The standard InChI is InChI=1S/C7H8ClN3/c1-6(2-3-9)11-5-7(8)4-10-11/h4-6H,2H2,1H3. The van der Waals surface area contributed by atoms with E-state index in [0.29, 0.717) is 11.4 Å². The monoisotopic (exact) mass is 169 g/mol. The van der Waals surface area contributed by atoms with Gasteiger partial charge in [-0.3, -0.25) is 4.68 Å². The Balaban J connectivity index is 2.70. The highest BCUT2D eigenvalue weighted by atomic mass is 35.5. The molecule has 1 heterocycles. The molecule has 1 aromatic rings. The number of hydrogen-bond acceptors (Lipinski definition) is 2. The molecule has 0 amide bonds. The molecule has 4 heteroatoms. The van der Waals surface area contributed by atoms with Crippen LogP contribution < -0.4 is 0 Å². The van der Waals surface area contributed by atoms with Crippen LogP contribution in [0, 0.1) is 11.3 Å². The summed E-state index contributed by atoms with van der Waals surface area (Å²) in [7, 11) is 0. The predicted molar refractivity (Wildman–Crippen MR) is 42.2 cm³/mol. The fourth-order valence-electron chi connectivity index (χ4n) is 0.782. The lowest BCUT2D eigenvalue weighted by atomic mass is 10.3. The third-order valence-corrected chi connectivity index (χ3v) is 1.60. The quantitative estimate of drug-likeness (QED) is 0.680. The minimum absolute atomic E-state index is 0.104. The Labute approximate surface area is 70.2 Å². The molecule has 1 aromatic heterocycles. The second-order valence-electron chi connectivity index (χ2n) is 2.35. The maximum atomic E-state index is 8.38. The van der Waals surface area contributed by atoms with E-state index in [2.05, 4.69) is 11.2 Å². The van der Waals surface area contributed by atoms with Crippen molar-refractivity contribution in [2.75, 3.05) is 0 Å². The predicted octanol–water partition coefficient (Wildman–Crippen LogP) is 2.01. The van der Waals surface area contributed by atoms with Crippen molar-refractivity contribution in [3.63, 3.8) is 0 Å². The van der Waals surface area contributed by atoms with Crippen molar-refractivity contribution in [1.29, 1.82) is 5.26 Å². The molecule has 0 aliphatic heterocycles. The second-order valence-corrected chi connectivity index (χ2v) is 2.79. The molecule has 0 aliphatic rings. The average Bonchev–Trinajstić information content (AvgIpc) is 2.36. The van der Waals surface area contributed by atoms with Gasteiger partial charge in [-0.1, -0.05) is 11.6 Å². The van der Waals surface area contributed by atoms with Gasteiger partial charge < -0.3 is 0 Å². The van der Waals surface area contributed by atoms with Crippen molar-refractivity contribution < 1.29 is 0 Å². The zero-order chi connectivity index (χ0) is 8.27. The van der Waals surface area contributed by atoms with Crippen LogP contribution in [0.5, 0.6) is 0 Å². The van der Waals surface area contributed by atoms with E-state index >= 15 is 0 Å². The zero-order valence-electron chi connectivity index (χ0n) is 6.16. The van der Waals surface area contributed by atoms with Crippen LogP contribution in [0.3, 0.4) is 0 Å². The summed E-state index contributed by atoms with van der Waals surface area (Å²) >= 11 is 5.64. The van der Waals surface area contributed by atoms with Gasteiger partial charge in [0, 0.05) is 6.20 Å². The Morgan fingerprint density at radius 3 is 3.09 bits per heavy atom. The molecule has 0 saturated carbocycles. The van der Waals surface area contributed by atoms with Crippen LogP contribution in [0.4, 0.5) is 0 Å². The number of aromatic nitrogens is 2. The highest BCUT2D eigenvalue weighted by molar-refractivity contribution is 6.30. The molecular formula is C7H8ClN3. The van der Waals surface area contributed by atoms with E-state index < -0.39 is 0 Å². The van der Waals surface area contributed by atoms with E-state index in [-0.39, 0.29) is 6.04 Å². The molecule has 1 unspecified atom stereocenters. The van der Waals surface area contributed by atoms with Gasteiger partial charge in [0.05, 0.1) is 29.8 Å². The summed E-state index contributed by atoms with van der Waals surface area (Å²) in [6.45, 7) is 1.92. The Morgan fingerprint density at radius 2 is 2.64 bits per heavy atom. The molecule has 0 bridgehead atoms. The van der Waals surface area contributed by atoms with Crippen molar-refractivity contribution in [3.05, 3.63) is 17.4 Å². The van der Waals surface area contributed by atoms with Gasteiger partial charge in [0.2, 0.25) is 0 Å². The van der Waals surface area contributed by atoms with E-state index in [9.17, 15) is 0 Å². The third kappa shape index (κ3) is 1.95. The smallest absolute Gasteiger partial charge is 0.0785 e. The molecule has 3 nitrogen and oxygen atoms in total. The molecule has 0 saturated heterocycles. The highest BCUT2D eigenvalue weighted by Crippen LogP contribution is 2.12. The lowest BCUT2D eigenvalue weighted by molar-refractivity contribution is 0.500. The van der Waals surface area contributed by atoms with Crippen LogP contribution in [0.25, 0.3) is 0 Å². The van der Waals surface area contributed by atoms with Gasteiger partial charge in [0.15, 0.2) is 0 Å². The first kappa shape index (κ1) is 8.09. The third-order valence-electron chi connectivity index (χ3n) is 1.41. The van der Waals surface area contributed by atoms with E-state index in [0.717, 1.165) is 0 Å². The molecule has 1 rings (SSSR count). The van der Waals surface area contributed by atoms with Crippen molar-refractivity contribution in [1.82, 2.24) is 9.78 Å². The topological polar surface area (TPSA) is 41.6 Å². The van der Waals surface area contributed by atoms with Crippen molar-refractivity contribution >= 4 is 11.6 Å². The second kappa shape index (κ2) is 3.40. The van der Waals surface area contributed by atoms with E-state index in [1.165, 1.54) is 0 Å². The van der Waals surface area contributed by atoms with Gasteiger partial charge in [0.1, 0.15) is 0 Å². The van der Waals surface area contributed by atoms with E-state index in [4.69, 9.17) is 16.9 Å². The number of rotatable bonds is 2. The minimum Gasteiger partial charge on any atom is -0.267 e. The van der Waals surface area contributed by atoms with Crippen LogP contribution in [-0.4, -0.2) is 9.78 Å². The number of nitriles is 1. The van der Waals surface area contributed by atoms with Crippen molar-refractivity contribution in [2.24, 2.45) is 0 Å². The molecule has 0 radical (unpaired) electrons. The Hall–Kier alpha value is -1.01. The summed E-state index contributed by atoms with van der Waals surface area (Å²) < 4.78 is 1.69. The maximum Gasteiger partial charge on any atom is 0.0785 e.